The summed E-state index contributed by atoms with van der Waals surface area (Å²) in [6.45, 7) is 0. The Morgan fingerprint density at radius 1 is 1.25 bits per heavy atom. The maximum absolute atomic E-state index is 12.7. The van der Waals surface area contributed by atoms with Crippen molar-refractivity contribution in [1.82, 2.24) is 5.32 Å². The highest BCUT2D eigenvalue weighted by Gasteiger charge is 2.30. The molecule has 1 nitrogen and oxygen atoms in total. The van der Waals surface area contributed by atoms with Crippen molar-refractivity contribution in [3.63, 3.8) is 0 Å². The third kappa shape index (κ3) is 3.85. The molecule has 1 aromatic rings. The molecule has 0 amide bonds. The lowest BCUT2D eigenvalue weighted by molar-refractivity contribution is -0.137. The molecule has 1 N–H and O–H groups in total. The second-order valence-electron chi connectivity index (χ2n) is 5.27. The van der Waals surface area contributed by atoms with Crippen molar-refractivity contribution < 1.29 is 13.2 Å². The standard InChI is InChI=1S/C16H20F3N/c1-20-15(13-7-3-2-4-8-13)11-12-6-5-9-14(10-12)16(17,18)19/h5-7,9-10,15,20H,2-4,8,11H2,1H3. The van der Waals surface area contributed by atoms with Gasteiger partial charge < -0.3 is 5.32 Å². The lowest BCUT2D eigenvalue weighted by Gasteiger charge is -2.23. The van der Waals surface area contributed by atoms with Gasteiger partial charge in [0.25, 0.3) is 0 Å². The van der Waals surface area contributed by atoms with Crippen LogP contribution in [-0.4, -0.2) is 13.1 Å². The Morgan fingerprint density at radius 2 is 2.05 bits per heavy atom. The molecule has 1 aromatic carbocycles. The SMILES string of the molecule is CNC(Cc1cccc(C(F)(F)F)c1)C1=CCCCC1. The number of allylic oxidation sites excluding steroid dienone is 1. The van der Waals surface area contributed by atoms with E-state index in [2.05, 4.69) is 11.4 Å². The summed E-state index contributed by atoms with van der Waals surface area (Å²) in [6.07, 6.45) is 3.08. The molecule has 0 saturated heterocycles. The number of rotatable bonds is 4. The van der Waals surface area contributed by atoms with Gasteiger partial charge in [-0.2, -0.15) is 13.2 Å². The molecule has 0 aromatic heterocycles. The first-order chi connectivity index (χ1) is 9.50. The number of benzene rings is 1. The smallest absolute Gasteiger partial charge is 0.313 e. The van der Waals surface area contributed by atoms with Crippen LogP contribution >= 0.6 is 0 Å². The van der Waals surface area contributed by atoms with Crippen LogP contribution in [0.2, 0.25) is 0 Å². The zero-order chi connectivity index (χ0) is 14.6. The molecule has 0 fully saturated rings. The largest absolute Gasteiger partial charge is 0.416 e. The van der Waals surface area contributed by atoms with Crippen LogP contribution in [0.1, 0.15) is 36.8 Å². The second kappa shape index (κ2) is 6.44. The summed E-state index contributed by atoms with van der Waals surface area (Å²) in [6, 6.07) is 5.77. The van der Waals surface area contributed by atoms with Gasteiger partial charge in [0.05, 0.1) is 5.56 Å². The van der Waals surface area contributed by atoms with Crippen molar-refractivity contribution in [2.24, 2.45) is 0 Å². The van der Waals surface area contributed by atoms with Gasteiger partial charge >= 0.3 is 6.18 Å². The van der Waals surface area contributed by atoms with Crippen LogP contribution in [0.4, 0.5) is 13.2 Å². The molecular weight excluding hydrogens is 263 g/mol. The number of hydrogen-bond donors (Lipinski definition) is 1. The fourth-order valence-corrected chi connectivity index (χ4v) is 2.71. The average molecular weight is 283 g/mol. The summed E-state index contributed by atoms with van der Waals surface area (Å²) in [5, 5.41) is 3.23. The highest BCUT2D eigenvalue weighted by atomic mass is 19.4. The van der Waals surface area contributed by atoms with E-state index in [9.17, 15) is 13.2 Å². The molecule has 1 atom stereocenters. The second-order valence-corrected chi connectivity index (χ2v) is 5.27. The number of nitrogens with one attached hydrogen (secondary N) is 1. The van der Waals surface area contributed by atoms with E-state index in [1.165, 1.54) is 30.5 Å². The van der Waals surface area contributed by atoms with Crippen LogP contribution in [0.5, 0.6) is 0 Å². The van der Waals surface area contributed by atoms with Crippen molar-refractivity contribution >= 4 is 0 Å². The maximum atomic E-state index is 12.7. The third-order valence-electron chi connectivity index (χ3n) is 3.82. The number of hydrogen-bond acceptors (Lipinski definition) is 1. The van der Waals surface area contributed by atoms with Gasteiger partial charge in [0.2, 0.25) is 0 Å². The van der Waals surface area contributed by atoms with Gasteiger partial charge in [-0.1, -0.05) is 29.8 Å². The molecule has 20 heavy (non-hydrogen) atoms. The highest BCUT2D eigenvalue weighted by Crippen LogP contribution is 2.30. The Hall–Kier alpha value is -1.29. The van der Waals surface area contributed by atoms with Crippen LogP contribution in [0.3, 0.4) is 0 Å². The van der Waals surface area contributed by atoms with Crippen LogP contribution in [0, 0.1) is 0 Å². The van der Waals surface area contributed by atoms with E-state index in [-0.39, 0.29) is 6.04 Å². The minimum atomic E-state index is -4.27. The van der Waals surface area contributed by atoms with E-state index < -0.39 is 11.7 Å². The fraction of sp³-hybridized carbons (Fsp3) is 0.500. The first-order valence-corrected chi connectivity index (χ1v) is 7.03. The lowest BCUT2D eigenvalue weighted by atomic mass is 9.90. The zero-order valence-corrected chi connectivity index (χ0v) is 11.6. The van der Waals surface area contributed by atoms with Gasteiger partial charge in [0, 0.05) is 6.04 Å². The van der Waals surface area contributed by atoms with Gasteiger partial charge in [0.1, 0.15) is 0 Å². The van der Waals surface area contributed by atoms with Crippen molar-refractivity contribution in [2.75, 3.05) is 7.05 Å². The molecule has 0 bridgehead atoms. The lowest BCUT2D eigenvalue weighted by Crippen LogP contribution is -2.30. The number of alkyl halides is 3. The van der Waals surface area contributed by atoms with Gasteiger partial charge in [0.15, 0.2) is 0 Å². The Bertz CT molecular complexity index is 477. The monoisotopic (exact) mass is 283 g/mol. The van der Waals surface area contributed by atoms with Crippen molar-refractivity contribution in [1.29, 1.82) is 0 Å². The summed E-state index contributed by atoms with van der Waals surface area (Å²) < 4.78 is 38.1. The van der Waals surface area contributed by atoms with Gasteiger partial charge in [-0.3, -0.25) is 0 Å². The molecule has 1 unspecified atom stereocenters. The van der Waals surface area contributed by atoms with E-state index in [0.717, 1.165) is 24.5 Å². The quantitative estimate of drug-likeness (QED) is 0.811. The van der Waals surface area contributed by atoms with Crippen LogP contribution < -0.4 is 5.32 Å². The summed E-state index contributed by atoms with van der Waals surface area (Å²) in [5.74, 6) is 0. The minimum absolute atomic E-state index is 0.138. The van der Waals surface area contributed by atoms with E-state index in [0.29, 0.717) is 6.42 Å². The molecule has 0 spiro atoms. The zero-order valence-electron chi connectivity index (χ0n) is 11.6. The van der Waals surface area contributed by atoms with E-state index in [4.69, 9.17) is 0 Å². The maximum Gasteiger partial charge on any atom is 0.416 e. The summed E-state index contributed by atoms with van der Waals surface area (Å²) in [7, 11) is 1.87. The van der Waals surface area contributed by atoms with Gasteiger partial charge in [-0.05, 0) is 50.8 Å². The molecule has 110 valence electrons. The molecule has 4 heteroatoms. The average Bonchev–Trinajstić information content (AvgIpc) is 2.45. The van der Waals surface area contributed by atoms with E-state index >= 15 is 0 Å². The van der Waals surface area contributed by atoms with Gasteiger partial charge in [-0.25, -0.2) is 0 Å². The normalized spacial score (nSPS) is 17.7. The summed E-state index contributed by atoms with van der Waals surface area (Å²) in [5.41, 5.74) is 1.49. The Labute approximate surface area is 117 Å². The number of halogens is 3. The summed E-state index contributed by atoms with van der Waals surface area (Å²) in [4.78, 5) is 0. The Morgan fingerprint density at radius 3 is 2.65 bits per heavy atom. The highest BCUT2D eigenvalue weighted by molar-refractivity contribution is 5.28. The van der Waals surface area contributed by atoms with Crippen LogP contribution in [-0.2, 0) is 12.6 Å². The molecular formula is C16H20F3N. The number of likely N-dealkylation sites (N-methyl/N-ethyl adjacent to an activating group) is 1. The third-order valence-corrected chi connectivity index (χ3v) is 3.82. The first-order valence-electron chi connectivity index (χ1n) is 7.03. The van der Waals surface area contributed by atoms with Crippen LogP contribution in [0.15, 0.2) is 35.9 Å². The van der Waals surface area contributed by atoms with Crippen molar-refractivity contribution in [3.8, 4) is 0 Å². The molecule has 2 rings (SSSR count). The Balaban J connectivity index is 2.13. The predicted molar refractivity (Wildman–Crippen MR) is 74.5 cm³/mol. The van der Waals surface area contributed by atoms with Crippen molar-refractivity contribution in [3.05, 3.63) is 47.0 Å². The molecule has 0 radical (unpaired) electrons. The topological polar surface area (TPSA) is 12.0 Å². The van der Waals surface area contributed by atoms with Crippen LogP contribution in [0.25, 0.3) is 0 Å². The molecule has 1 aliphatic carbocycles. The predicted octanol–water partition coefficient (Wildman–Crippen LogP) is 4.34. The fourth-order valence-electron chi connectivity index (χ4n) is 2.71. The van der Waals surface area contributed by atoms with E-state index in [1.807, 2.05) is 7.05 Å². The minimum Gasteiger partial charge on any atom is -0.313 e. The molecule has 0 saturated carbocycles. The molecule has 1 aliphatic rings. The molecule has 0 heterocycles. The van der Waals surface area contributed by atoms with Crippen molar-refractivity contribution in [2.45, 2.75) is 44.3 Å². The summed E-state index contributed by atoms with van der Waals surface area (Å²) >= 11 is 0. The van der Waals surface area contributed by atoms with E-state index in [1.54, 1.807) is 6.07 Å². The molecule has 0 aliphatic heterocycles. The van der Waals surface area contributed by atoms with Gasteiger partial charge in [-0.15, -0.1) is 0 Å². The first kappa shape index (κ1) is 15.1. The Kier molecular flexibility index (Phi) is 4.86.